The number of hydrogen-bond acceptors (Lipinski definition) is 1. The molecule has 11 heavy (non-hydrogen) atoms. The molecule has 0 aliphatic carbocycles. The largest absolute Gasteiger partial charge is 0.483 e. The predicted molar refractivity (Wildman–Crippen MR) is 44.7 cm³/mol. The van der Waals surface area contributed by atoms with Gasteiger partial charge in [0.1, 0.15) is 0 Å². The molecule has 60 valence electrons. The van der Waals surface area contributed by atoms with E-state index in [1.54, 1.807) is 0 Å². The van der Waals surface area contributed by atoms with Crippen molar-refractivity contribution in [1.82, 2.24) is 0 Å². The number of rotatable bonds is 1. The fraction of sp³-hybridized carbons (Fsp3) is 0.125. The molecule has 0 aromatic heterocycles. The van der Waals surface area contributed by atoms with Gasteiger partial charge >= 0.3 is 0 Å². The first-order valence-corrected chi connectivity index (χ1v) is 3.56. The molecule has 1 aromatic carbocycles. The van der Waals surface area contributed by atoms with Gasteiger partial charge in [-0.3, -0.25) is 4.79 Å². The van der Waals surface area contributed by atoms with Crippen molar-refractivity contribution in [2.24, 2.45) is 0 Å². The third kappa shape index (κ3) is 5.43. The smallest absolute Gasteiger partial charge is 0.290 e. The number of carboxylic acid groups (broad SMARTS) is 1. The minimum absolute atomic E-state index is 0.250. The Bertz CT molecular complexity index is 187. The van der Waals surface area contributed by atoms with Gasteiger partial charge in [0.15, 0.2) is 0 Å². The number of hydrogen-bond donors (Lipinski definition) is 1. The Morgan fingerprint density at radius 2 is 1.82 bits per heavy atom. The second kappa shape index (κ2) is 7.09. The zero-order chi connectivity index (χ0) is 8.53. The Balaban J connectivity index is 0.000000292. The van der Waals surface area contributed by atoms with E-state index in [0.29, 0.717) is 5.88 Å². The van der Waals surface area contributed by atoms with Crippen LogP contribution in [0.15, 0.2) is 30.3 Å². The van der Waals surface area contributed by atoms with Gasteiger partial charge in [-0.15, -0.1) is 11.6 Å². The van der Waals surface area contributed by atoms with Crippen LogP contribution in [0.2, 0.25) is 0 Å². The van der Waals surface area contributed by atoms with E-state index < -0.39 is 0 Å². The quantitative estimate of drug-likeness (QED) is 0.521. The molecular formula is C8H9ClO2. The Morgan fingerprint density at radius 3 is 2.09 bits per heavy atom. The second-order valence-corrected chi connectivity index (χ2v) is 1.99. The molecule has 0 spiro atoms. The van der Waals surface area contributed by atoms with E-state index in [0.717, 1.165) is 0 Å². The minimum atomic E-state index is -0.250. The molecule has 0 saturated heterocycles. The van der Waals surface area contributed by atoms with Crippen molar-refractivity contribution >= 4 is 18.1 Å². The van der Waals surface area contributed by atoms with E-state index in [4.69, 9.17) is 21.5 Å². The van der Waals surface area contributed by atoms with Crippen LogP contribution in [0.25, 0.3) is 0 Å². The second-order valence-electron chi connectivity index (χ2n) is 1.72. The molecule has 0 aliphatic heterocycles. The van der Waals surface area contributed by atoms with Crippen LogP contribution in [0.1, 0.15) is 5.56 Å². The first-order chi connectivity index (χ1) is 5.35. The van der Waals surface area contributed by atoms with Crippen molar-refractivity contribution in [3.63, 3.8) is 0 Å². The van der Waals surface area contributed by atoms with Crippen LogP contribution in [0.4, 0.5) is 0 Å². The topological polar surface area (TPSA) is 37.3 Å². The summed E-state index contributed by atoms with van der Waals surface area (Å²) in [6, 6.07) is 9.96. The van der Waals surface area contributed by atoms with E-state index in [2.05, 4.69) is 0 Å². The van der Waals surface area contributed by atoms with Crippen LogP contribution in [-0.2, 0) is 10.7 Å². The summed E-state index contributed by atoms with van der Waals surface area (Å²) in [6.07, 6.45) is 0. The van der Waals surface area contributed by atoms with Gasteiger partial charge < -0.3 is 5.11 Å². The maximum atomic E-state index is 8.36. The molecule has 2 nitrogen and oxygen atoms in total. The Kier molecular flexibility index (Phi) is 6.43. The maximum Gasteiger partial charge on any atom is 0.290 e. The van der Waals surface area contributed by atoms with E-state index >= 15 is 0 Å². The fourth-order valence-electron chi connectivity index (χ4n) is 0.567. The molecule has 1 N–H and O–H groups in total. The summed E-state index contributed by atoms with van der Waals surface area (Å²) in [5.74, 6) is 0.612. The Labute approximate surface area is 70.4 Å². The molecule has 1 rings (SSSR count). The summed E-state index contributed by atoms with van der Waals surface area (Å²) in [6.45, 7) is -0.250. The minimum Gasteiger partial charge on any atom is -0.483 e. The summed E-state index contributed by atoms with van der Waals surface area (Å²) in [5, 5.41) is 6.89. The highest BCUT2D eigenvalue weighted by Gasteiger charge is 1.81. The number of alkyl halides is 1. The lowest BCUT2D eigenvalue weighted by atomic mass is 10.2. The standard InChI is InChI=1S/C7H7Cl.CH2O2/c8-6-7-4-2-1-3-5-7;2-1-3/h1-5H,6H2;1H,(H,2,3). The van der Waals surface area contributed by atoms with E-state index in [9.17, 15) is 0 Å². The lowest BCUT2D eigenvalue weighted by Gasteiger charge is -1.88. The summed E-state index contributed by atoms with van der Waals surface area (Å²) in [4.78, 5) is 8.36. The van der Waals surface area contributed by atoms with Gasteiger partial charge in [0.25, 0.3) is 6.47 Å². The van der Waals surface area contributed by atoms with Crippen LogP contribution < -0.4 is 0 Å². The van der Waals surface area contributed by atoms with Gasteiger partial charge in [-0.05, 0) is 5.56 Å². The highest BCUT2D eigenvalue weighted by molar-refractivity contribution is 6.17. The normalized spacial score (nSPS) is 7.73. The molecule has 1 aromatic rings. The average molecular weight is 173 g/mol. The van der Waals surface area contributed by atoms with Gasteiger partial charge in [-0.25, -0.2) is 0 Å². The maximum absolute atomic E-state index is 8.36. The van der Waals surface area contributed by atoms with Crippen LogP contribution in [0.3, 0.4) is 0 Å². The lowest BCUT2D eigenvalue weighted by molar-refractivity contribution is -0.122. The van der Waals surface area contributed by atoms with Gasteiger partial charge in [0.05, 0.1) is 0 Å². The van der Waals surface area contributed by atoms with Crippen LogP contribution in [0, 0.1) is 0 Å². The first-order valence-electron chi connectivity index (χ1n) is 3.03. The molecule has 3 heteroatoms. The van der Waals surface area contributed by atoms with E-state index in [-0.39, 0.29) is 6.47 Å². The van der Waals surface area contributed by atoms with E-state index in [1.807, 2.05) is 30.3 Å². The van der Waals surface area contributed by atoms with E-state index in [1.165, 1.54) is 5.56 Å². The molecule has 0 saturated carbocycles. The molecule has 0 bridgehead atoms. The molecule has 0 heterocycles. The van der Waals surface area contributed by atoms with Crippen LogP contribution >= 0.6 is 11.6 Å². The number of halogens is 1. The number of benzene rings is 1. The zero-order valence-electron chi connectivity index (χ0n) is 5.90. The molecule has 0 atom stereocenters. The summed E-state index contributed by atoms with van der Waals surface area (Å²) in [7, 11) is 0. The highest BCUT2D eigenvalue weighted by Crippen LogP contribution is 2.00. The van der Waals surface area contributed by atoms with Crippen molar-refractivity contribution in [3.05, 3.63) is 35.9 Å². The average Bonchev–Trinajstić information content (AvgIpc) is 2.08. The van der Waals surface area contributed by atoms with Gasteiger partial charge in [-0.1, -0.05) is 30.3 Å². The van der Waals surface area contributed by atoms with Crippen LogP contribution in [-0.4, -0.2) is 11.6 Å². The Morgan fingerprint density at radius 1 is 1.36 bits per heavy atom. The van der Waals surface area contributed by atoms with Crippen molar-refractivity contribution < 1.29 is 9.90 Å². The molecule has 0 amide bonds. The molecule has 0 fully saturated rings. The number of carbonyl (C=O) groups is 1. The monoisotopic (exact) mass is 172 g/mol. The molecule has 0 unspecified atom stereocenters. The summed E-state index contributed by atoms with van der Waals surface area (Å²) >= 11 is 5.53. The highest BCUT2D eigenvalue weighted by atomic mass is 35.5. The van der Waals surface area contributed by atoms with Gasteiger partial charge in [0.2, 0.25) is 0 Å². The zero-order valence-corrected chi connectivity index (χ0v) is 6.66. The third-order valence-electron chi connectivity index (χ3n) is 0.997. The van der Waals surface area contributed by atoms with Crippen molar-refractivity contribution in [1.29, 1.82) is 0 Å². The Hall–Kier alpha value is -1.02. The molecule has 0 aliphatic rings. The van der Waals surface area contributed by atoms with Crippen LogP contribution in [0.5, 0.6) is 0 Å². The SMILES string of the molecule is ClCc1ccccc1.O=CO. The summed E-state index contributed by atoms with van der Waals surface area (Å²) < 4.78 is 0. The van der Waals surface area contributed by atoms with Crippen molar-refractivity contribution in [2.75, 3.05) is 0 Å². The predicted octanol–water partition coefficient (Wildman–Crippen LogP) is 2.13. The summed E-state index contributed by atoms with van der Waals surface area (Å²) in [5.41, 5.74) is 1.18. The molecule has 0 radical (unpaired) electrons. The van der Waals surface area contributed by atoms with Gasteiger partial charge in [-0.2, -0.15) is 0 Å². The molecular weight excluding hydrogens is 164 g/mol. The third-order valence-corrected chi connectivity index (χ3v) is 1.31. The first kappa shape index (κ1) is 9.98. The van der Waals surface area contributed by atoms with Gasteiger partial charge in [0, 0.05) is 5.88 Å². The lowest BCUT2D eigenvalue weighted by Crippen LogP contribution is -1.71. The van der Waals surface area contributed by atoms with Crippen molar-refractivity contribution in [3.8, 4) is 0 Å². The van der Waals surface area contributed by atoms with Crippen molar-refractivity contribution in [2.45, 2.75) is 5.88 Å². The fourth-order valence-corrected chi connectivity index (χ4v) is 0.745.